The molecule has 26 heavy (non-hydrogen) atoms. The van der Waals surface area contributed by atoms with Gasteiger partial charge in [0.15, 0.2) is 5.75 Å². The largest absolute Gasteiger partial charge is 0.502 e. The Morgan fingerprint density at radius 2 is 1.96 bits per heavy atom. The Bertz CT molecular complexity index is 914. The van der Waals surface area contributed by atoms with Crippen LogP contribution in [0.4, 0.5) is 11.4 Å². The van der Waals surface area contributed by atoms with Crippen LogP contribution in [0.5, 0.6) is 5.75 Å². The predicted octanol–water partition coefficient (Wildman–Crippen LogP) is 2.35. The summed E-state index contributed by atoms with van der Waals surface area (Å²) in [6, 6.07) is 8.32. The molecule has 0 aliphatic carbocycles. The van der Waals surface area contributed by atoms with Crippen molar-refractivity contribution < 1.29 is 19.6 Å². The Balaban J connectivity index is 1.98. The first-order chi connectivity index (χ1) is 12.3. The van der Waals surface area contributed by atoms with Gasteiger partial charge in [-0.2, -0.15) is 5.10 Å². The van der Waals surface area contributed by atoms with E-state index in [1.54, 1.807) is 19.1 Å². The van der Waals surface area contributed by atoms with E-state index in [9.17, 15) is 24.8 Å². The Morgan fingerprint density at radius 1 is 1.23 bits per heavy atom. The van der Waals surface area contributed by atoms with E-state index < -0.39 is 28.2 Å². The smallest absolute Gasteiger partial charge is 0.329 e. The highest BCUT2D eigenvalue weighted by Crippen LogP contribution is 2.25. The standard InChI is InChI=1S/C16H13ClN4O5/c1-9-2-4-11(7-12(9)17)19-15(23)16(24)20-18-8-10-3-5-14(22)13(6-10)21(25)26/h2-8,22H,1H3,(H,19,23)(H,20,24)/b18-8-. The van der Waals surface area contributed by atoms with Gasteiger partial charge in [0.2, 0.25) is 0 Å². The topological polar surface area (TPSA) is 134 Å². The van der Waals surface area contributed by atoms with Crippen LogP contribution in [0.15, 0.2) is 41.5 Å². The van der Waals surface area contributed by atoms with Crippen molar-refractivity contribution in [3.63, 3.8) is 0 Å². The summed E-state index contributed by atoms with van der Waals surface area (Å²) in [5.74, 6) is -2.49. The van der Waals surface area contributed by atoms with E-state index in [0.29, 0.717) is 10.7 Å². The van der Waals surface area contributed by atoms with Crippen molar-refractivity contribution in [3.8, 4) is 5.75 Å². The molecule has 0 aromatic heterocycles. The number of anilines is 1. The number of nitro groups is 1. The molecule has 9 nitrogen and oxygen atoms in total. The molecular formula is C16H13ClN4O5. The zero-order chi connectivity index (χ0) is 19.3. The highest BCUT2D eigenvalue weighted by Gasteiger charge is 2.14. The number of aromatic hydroxyl groups is 1. The quantitative estimate of drug-likeness (QED) is 0.326. The number of phenolic OH excluding ortho intramolecular Hbond substituents is 1. The first-order valence-electron chi connectivity index (χ1n) is 7.16. The molecule has 0 aliphatic heterocycles. The molecule has 2 aromatic carbocycles. The minimum absolute atomic E-state index is 0.250. The van der Waals surface area contributed by atoms with Crippen LogP contribution in [-0.2, 0) is 9.59 Å². The average molecular weight is 377 g/mol. The van der Waals surface area contributed by atoms with Gasteiger partial charge in [0.1, 0.15) is 0 Å². The number of nitro benzene ring substituents is 1. The summed E-state index contributed by atoms with van der Waals surface area (Å²) < 4.78 is 0. The number of aryl methyl sites for hydroxylation is 1. The monoisotopic (exact) mass is 376 g/mol. The summed E-state index contributed by atoms with van der Waals surface area (Å²) >= 11 is 5.93. The third kappa shape index (κ3) is 4.77. The second-order valence-electron chi connectivity index (χ2n) is 5.12. The summed E-state index contributed by atoms with van der Waals surface area (Å²) in [6.45, 7) is 1.79. The SMILES string of the molecule is Cc1ccc(NC(=O)C(=O)N/N=C\c2ccc(O)c([N+](=O)[O-])c2)cc1Cl. The van der Waals surface area contributed by atoms with Crippen LogP contribution in [0.25, 0.3) is 0 Å². The molecule has 0 fully saturated rings. The number of halogens is 1. The fourth-order valence-corrected chi connectivity index (χ4v) is 2.02. The Kier molecular flexibility index (Phi) is 5.86. The second kappa shape index (κ2) is 8.08. The summed E-state index contributed by atoms with van der Waals surface area (Å²) in [4.78, 5) is 33.5. The molecule has 0 aliphatic rings. The van der Waals surface area contributed by atoms with Gasteiger partial charge in [-0.05, 0) is 36.8 Å². The van der Waals surface area contributed by atoms with Crippen LogP contribution in [0, 0.1) is 17.0 Å². The predicted molar refractivity (Wildman–Crippen MR) is 95.3 cm³/mol. The summed E-state index contributed by atoms with van der Waals surface area (Å²) in [7, 11) is 0. The van der Waals surface area contributed by atoms with E-state index in [0.717, 1.165) is 23.9 Å². The van der Waals surface area contributed by atoms with Crippen molar-refractivity contribution in [1.29, 1.82) is 0 Å². The molecule has 0 spiro atoms. The summed E-state index contributed by atoms with van der Waals surface area (Å²) in [5.41, 5.74) is 2.91. The number of phenols is 1. The van der Waals surface area contributed by atoms with Crippen LogP contribution in [0.1, 0.15) is 11.1 Å². The number of hydrogen-bond donors (Lipinski definition) is 3. The van der Waals surface area contributed by atoms with Crippen molar-refractivity contribution >= 4 is 41.0 Å². The first kappa shape index (κ1) is 18.9. The number of nitrogens with zero attached hydrogens (tertiary/aromatic N) is 2. The Morgan fingerprint density at radius 3 is 2.62 bits per heavy atom. The van der Waals surface area contributed by atoms with Crippen LogP contribution in [0.2, 0.25) is 5.02 Å². The third-order valence-electron chi connectivity index (χ3n) is 3.21. The number of benzene rings is 2. The maximum Gasteiger partial charge on any atom is 0.329 e. The van der Waals surface area contributed by atoms with Gasteiger partial charge in [-0.25, -0.2) is 5.43 Å². The van der Waals surface area contributed by atoms with E-state index in [-0.39, 0.29) is 5.56 Å². The fourth-order valence-electron chi connectivity index (χ4n) is 1.84. The van der Waals surface area contributed by atoms with Gasteiger partial charge in [0, 0.05) is 22.3 Å². The summed E-state index contributed by atoms with van der Waals surface area (Å²) in [6.07, 6.45) is 1.10. The van der Waals surface area contributed by atoms with Gasteiger partial charge in [0.25, 0.3) is 0 Å². The van der Waals surface area contributed by atoms with Crippen molar-refractivity contribution in [1.82, 2.24) is 5.43 Å². The molecule has 0 heterocycles. The minimum atomic E-state index is -1.04. The lowest BCUT2D eigenvalue weighted by Gasteiger charge is -2.05. The van der Waals surface area contributed by atoms with E-state index in [1.807, 2.05) is 5.43 Å². The van der Waals surface area contributed by atoms with E-state index in [2.05, 4.69) is 10.4 Å². The average Bonchev–Trinajstić information content (AvgIpc) is 2.59. The van der Waals surface area contributed by atoms with E-state index in [1.165, 1.54) is 12.1 Å². The molecule has 0 saturated heterocycles. The molecule has 0 radical (unpaired) electrons. The van der Waals surface area contributed by atoms with Crippen molar-refractivity contribution in [3.05, 3.63) is 62.7 Å². The molecule has 2 amide bonds. The molecule has 2 aromatic rings. The first-order valence-corrected chi connectivity index (χ1v) is 7.53. The molecule has 0 bridgehead atoms. The number of carbonyl (C=O) groups is 2. The highest BCUT2D eigenvalue weighted by molar-refractivity contribution is 6.39. The lowest BCUT2D eigenvalue weighted by Crippen LogP contribution is -2.32. The number of rotatable bonds is 4. The van der Waals surface area contributed by atoms with Gasteiger partial charge < -0.3 is 10.4 Å². The zero-order valence-electron chi connectivity index (χ0n) is 13.4. The second-order valence-corrected chi connectivity index (χ2v) is 5.53. The Hall–Kier alpha value is -3.46. The van der Waals surface area contributed by atoms with E-state index in [4.69, 9.17) is 11.6 Å². The van der Waals surface area contributed by atoms with Crippen molar-refractivity contribution in [2.45, 2.75) is 6.92 Å². The molecule has 0 saturated carbocycles. The number of hydrazone groups is 1. The van der Waals surface area contributed by atoms with Crippen LogP contribution >= 0.6 is 11.6 Å². The maximum atomic E-state index is 11.8. The van der Waals surface area contributed by atoms with Gasteiger partial charge >= 0.3 is 17.5 Å². The molecule has 3 N–H and O–H groups in total. The zero-order valence-corrected chi connectivity index (χ0v) is 14.1. The molecular weight excluding hydrogens is 364 g/mol. The minimum Gasteiger partial charge on any atom is -0.502 e. The van der Waals surface area contributed by atoms with Gasteiger partial charge in [-0.3, -0.25) is 19.7 Å². The lowest BCUT2D eigenvalue weighted by molar-refractivity contribution is -0.385. The molecule has 10 heteroatoms. The number of hydrogen-bond acceptors (Lipinski definition) is 6. The number of carbonyl (C=O) groups excluding carboxylic acids is 2. The molecule has 0 atom stereocenters. The number of amides is 2. The lowest BCUT2D eigenvalue weighted by atomic mass is 10.2. The third-order valence-corrected chi connectivity index (χ3v) is 3.62. The molecule has 0 unspecified atom stereocenters. The van der Waals surface area contributed by atoms with Gasteiger partial charge in [-0.1, -0.05) is 17.7 Å². The van der Waals surface area contributed by atoms with Crippen LogP contribution in [-0.4, -0.2) is 28.1 Å². The highest BCUT2D eigenvalue weighted by atomic mass is 35.5. The fraction of sp³-hybridized carbons (Fsp3) is 0.0625. The normalized spacial score (nSPS) is 10.5. The van der Waals surface area contributed by atoms with Crippen LogP contribution < -0.4 is 10.7 Å². The Labute approximate surface area is 152 Å². The molecule has 134 valence electrons. The maximum absolute atomic E-state index is 11.8. The summed E-state index contributed by atoms with van der Waals surface area (Å²) in [5, 5.41) is 26.4. The van der Waals surface area contributed by atoms with Gasteiger partial charge in [0.05, 0.1) is 11.1 Å². The van der Waals surface area contributed by atoms with Crippen LogP contribution in [0.3, 0.4) is 0 Å². The van der Waals surface area contributed by atoms with E-state index >= 15 is 0 Å². The molecule has 2 rings (SSSR count). The van der Waals surface area contributed by atoms with Gasteiger partial charge in [-0.15, -0.1) is 0 Å². The van der Waals surface area contributed by atoms with Crippen molar-refractivity contribution in [2.75, 3.05) is 5.32 Å². The number of nitrogens with one attached hydrogen (secondary N) is 2. The van der Waals surface area contributed by atoms with Crippen molar-refractivity contribution in [2.24, 2.45) is 5.10 Å².